The normalized spacial score (nSPS) is 11.2. The molecule has 0 saturated carbocycles. The van der Waals surface area contributed by atoms with Crippen molar-refractivity contribution in [2.24, 2.45) is 0 Å². The van der Waals surface area contributed by atoms with Gasteiger partial charge in [0.15, 0.2) is 0 Å². The van der Waals surface area contributed by atoms with E-state index in [-0.39, 0.29) is 12.4 Å². The number of ether oxygens (including phenoxy) is 1. The molecule has 0 fully saturated rings. The Morgan fingerprint density at radius 1 is 0.923 bits per heavy atom. The smallest absolute Gasteiger partial charge is 0.311 e. The molecule has 0 aliphatic rings. The highest BCUT2D eigenvalue weighted by Gasteiger charge is 2.19. The van der Waals surface area contributed by atoms with Crippen molar-refractivity contribution in [3.63, 3.8) is 0 Å². The number of carbonyl (C=O) groups is 1. The maximum Gasteiger partial charge on any atom is 0.311 e. The zero-order valence-electron chi connectivity index (χ0n) is 15.0. The number of hydrogen-bond donors (Lipinski definition) is 0. The van der Waals surface area contributed by atoms with Gasteiger partial charge in [0.1, 0.15) is 0 Å². The average molecular weight is 343 g/mol. The van der Waals surface area contributed by atoms with Gasteiger partial charge in [-0.2, -0.15) is 0 Å². The molecule has 0 unspecified atom stereocenters. The Kier molecular flexibility index (Phi) is 4.21. The molecule has 0 radical (unpaired) electrons. The molecule has 1 heterocycles. The number of carbonyl (C=O) groups excluding carboxylic acids is 1. The number of hydrogen-bond acceptors (Lipinski definition) is 2. The molecule has 0 saturated heterocycles. The van der Waals surface area contributed by atoms with Gasteiger partial charge < -0.3 is 9.30 Å². The summed E-state index contributed by atoms with van der Waals surface area (Å²) in [5, 5.41) is 3.52. The first-order valence-corrected chi connectivity index (χ1v) is 8.93. The summed E-state index contributed by atoms with van der Waals surface area (Å²) in [6.45, 7) is 4.32. The standard InChI is InChI=1S/C23H21NO2/c1-3-26-23(25)15-22-16(2)18-11-6-7-13-20(18)24(22)21-14-8-10-17-9-4-5-12-19(17)21/h4-14H,3,15H2,1-2H3. The summed E-state index contributed by atoms with van der Waals surface area (Å²) in [7, 11) is 0. The van der Waals surface area contributed by atoms with Gasteiger partial charge in [-0.3, -0.25) is 4.79 Å². The van der Waals surface area contributed by atoms with Gasteiger partial charge >= 0.3 is 5.97 Å². The molecular weight excluding hydrogens is 322 g/mol. The molecule has 0 bridgehead atoms. The molecule has 0 spiro atoms. The second kappa shape index (κ2) is 6.68. The fourth-order valence-electron chi connectivity index (χ4n) is 3.69. The second-order valence-electron chi connectivity index (χ2n) is 6.40. The highest BCUT2D eigenvalue weighted by atomic mass is 16.5. The monoisotopic (exact) mass is 343 g/mol. The Hall–Kier alpha value is -3.07. The van der Waals surface area contributed by atoms with Crippen molar-refractivity contribution in [3.8, 4) is 5.69 Å². The van der Waals surface area contributed by atoms with Crippen LogP contribution in [-0.4, -0.2) is 17.1 Å². The topological polar surface area (TPSA) is 31.2 Å². The molecule has 4 aromatic rings. The Balaban J connectivity index is 2.03. The third-order valence-electron chi connectivity index (χ3n) is 4.88. The Bertz CT molecular complexity index is 1100. The van der Waals surface area contributed by atoms with Gasteiger partial charge in [-0.1, -0.05) is 54.6 Å². The van der Waals surface area contributed by atoms with Crippen LogP contribution in [0.4, 0.5) is 0 Å². The van der Waals surface area contributed by atoms with Crippen molar-refractivity contribution >= 4 is 27.6 Å². The molecule has 130 valence electrons. The zero-order chi connectivity index (χ0) is 18.1. The predicted octanol–water partition coefficient (Wildman–Crippen LogP) is 5.20. The van der Waals surface area contributed by atoms with Crippen molar-refractivity contribution in [3.05, 3.63) is 78.0 Å². The largest absolute Gasteiger partial charge is 0.466 e. The first-order chi connectivity index (χ1) is 12.7. The molecule has 4 rings (SSSR count). The zero-order valence-corrected chi connectivity index (χ0v) is 15.0. The SMILES string of the molecule is CCOC(=O)Cc1c(C)c2ccccc2n1-c1cccc2ccccc12. The average Bonchev–Trinajstić information content (AvgIpc) is 2.94. The van der Waals surface area contributed by atoms with E-state index in [1.54, 1.807) is 0 Å². The number of para-hydroxylation sites is 1. The van der Waals surface area contributed by atoms with Crippen LogP contribution in [0.25, 0.3) is 27.4 Å². The van der Waals surface area contributed by atoms with Crippen LogP contribution in [0.15, 0.2) is 66.7 Å². The van der Waals surface area contributed by atoms with E-state index in [2.05, 4.69) is 60.0 Å². The van der Waals surface area contributed by atoms with Gasteiger partial charge in [-0.25, -0.2) is 0 Å². The van der Waals surface area contributed by atoms with E-state index in [4.69, 9.17) is 4.74 Å². The van der Waals surface area contributed by atoms with Crippen LogP contribution in [0.1, 0.15) is 18.2 Å². The molecule has 0 aliphatic heterocycles. The highest BCUT2D eigenvalue weighted by molar-refractivity contribution is 5.95. The molecule has 0 aliphatic carbocycles. The maximum atomic E-state index is 12.3. The number of aryl methyl sites for hydroxylation is 1. The number of aromatic nitrogens is 1. The number of nitrogens with zero attached hydrogens (tertiary/aromatic N) is 1. The van der Waals surface area contributed by atoms with Crippen molar-refractivity contribution in [2.75, 3.05) is 6.61 Å². The first-order valence-electron chi connectivity index (χ1n) is 8.93. The minimum Gasteiger partial charge on any atom is -0.466 e. The molecule has 0 atom stereocenters. The van der Waals surface area contributed by atoms with E-state index >= 15 is 0 Å². The lowest BCUT2D eigenvalue weighted by atomic mass is 10.1. The van der Waals surface area contributed by atoms with E-state index < -0.39 is 0 Å². The van der Waals surface area contributed by atoms with Crippen molar-refractivity contribution < 1.29 is 9.53 Å². The van der Waals surface area contributed by atoms with Crippen LogP contribution in [0.3, 0.4) is 0 Å². The van der Waals surface area contributed by atoms with Crippen LogP contribution in [0.5, 0.6) is 0 Å². The second-order valence-corrected chi connectivity index (χ2v) is 6.40. The number of fused-ring (bicyclic) bond motifs is 2. The van der Waals surface area contributed by atoms with Gasteiger partial charge in [-0.15, -0.1) is 0 Å². The third-order valence-corrected chi connectivity index (χ3v) is 4.88. The van der Waals surface area contributed by atoms with Crippen LogP contribution in [-0.2, 0) is 16.0 Å². The molecule has 0 N–H and O–H groups in total. The van der Waals surface area contributed by atoms with E-state index in [9.17, 15) is 4.79 Å². The third kappa shape index (κ3) is 2.66. The van der Waals surface area contributed by atoms with Gasteiger partial charge in [0.05, 0.1) is 24.2 Å². The minimum atomic E-state index is -0.195. The molecule has 3 aromatic carbocycles. The summed E-state index contributed by atoms with van der Waals surface area (Å²) in [4.78, 5) is 12.3. The van der Waals surface area contributed by atoms with Crippen LogP contribution < -0.4 is 0 Å². The molecular formula is C23H21NO2. The fourth-order valence-corrected chi connectivity index (χ4v) is 3.69. The quantitative estimate of drug-likeness (QED) is 0.477. The van der Waals surface area contributed by atoms with E-state index in [1.807, 2.05) is 25.1 Å². The molecule has 0 amide bonds. The van der Waals surface area contributed by atoms with E-state index in [0.717, 1.165) is 22.5 Å². The van der Waals surface area contributed by atoms with Crippen LogP contribution in [0.2, 0.25) is 0 Å². The lowest BCUT2D eigenvalue weighted by Gasteiger charge is -2.14. The number of benzene rings is 3. The first kappa shape index (κ1) is 16.4. The van der Waals surface area contributed by atoms with Gasteiger partial charge in [0.25, 0.3) is 0 Å². The Labute approximate surface area is 152 Å². The molecule has 3 heteroatoms. The summed E-state index contributed by atoms with van der Waals surface area (Å²) < 4.78 is 7.44. The lowest BCUT2D eigenvalue weighted by molar-refractivity contribution is -0.142. The number of rotatable bonds is 4. The Morgan fingerprint density at radius 2 is 1.62 bits per heavy atom. The highest BCUT2D eigenvalue weighted by Crippen LogP contribution is 2.32. The van der Waals surface area contributed by atoms with Crippen LogP contribution in [0, 0.1) is 6.92 Å². The van der Waals surface area contributed by atoms with Crippen molar-refractivity contribution in [1.29, 1.82) is 0 Å². The van der Waals surface area contributed by atoms with Crippen molar-refractivity contribution in [2.45, 2.75) is 20.3 Å². The van der Waals surface area contributed by atoms with Crippen molar-refractivity contribution in [1.82, 2.24) is 4.57 Å². The number of esters is 1. The molecule has 3 nitrogen and oxygen atoms in total. The maximum absolute atomic E-state index is 12.3. The summed E-state index contributed by atoms with van der Waals surface area (Å²) in [5.41, 5.74) is 4.31. The minimum absolute atomic E-state index is 0.195. The lowest BCUT2D eigenvalue weighted by Crippen LogP contribution is -2.12. The summed E-state index contributed by atoms with van der Waals surface area (Å²) in [5.74, 6) is -0.195. The predicted molar refractivity (Wildman–Crippen MR) is 106 cm³/mol. The van der Waals surface area contributed by atoms with Gasteiger partial charge in [0, 0.05) is 16.5 Å². The summed E-state index contributed by atoms with van der Waals surface area (Å²) in [6, 6.07) is 22.9. The summed E-state index contributed by atoms with van der Waals surface area (Å²) >= 11 is 0. The van der Waals surface area contributed by atoms with Crippen LogP contribution >= 0.6 is 0 Å². The van der Waals surface area contributed by atoms with Gasteiger partial charge in [0.2, 0.25) is 0 Å². The molecule has 26 heavy (non-hydrogen) atoms. The summed E-state index contributed by atoms with van der Waals surface area (Å²) in [6.07, 6.45) is 0.261. The Morgan fingerprint density at radius 3 is 2.42 bits per heavy atom. The van der Waals surface area contributed by atoms with E-state index in [0.29, 0.717) is 6.61 Å². The fraction of sp³-hybridized carbons (Fsp3) is 0.174. The molecule has 1 aromatic heterocycles. The van der Waals surface area contributed by atoms with E-state index in [1.165, 1.54) is 16.2 Å². The van der Waals surface area contributed by atoms with Gasteiger partial charge in [-0.05, 0) is 36.9 Å².